The number of aryl methyl sites for hydroxylation is 1. The topological polar surface area (TPSA) is 77.2 Å². The first-order chi connectivity index (χ1) is 10.4. The minimum atomic E-state index is -1.12. The summed E-state index contributed by atoms with van der Waals surface area (Å²) in [7, 11) is 0. The van der Waals surface area contributed by atoms with Gasteiger partial charge in [-0.25, -0.2) is 9.48 Å². The number of carbonyl (C=O) groups is 1. The fourth-order valence-corrected chi connectivity index (χ4v) is 2.05. The molecule has 0 atom stereocenters. The summed E-state index contributed by atoms with van der Waals surface area (Å²) in [4.78, 5) is 11.3. The normalized spacial score (nSPS) is 10.5. The van der Waals surface area contributed by atoms with E-state index in [0.29, 0.717) is 12.2 Å². The van der Waals surface area contributed by atoms with Crippen molar-refractivity contribution in [3.05, 3.63) is 52.9 Å². The molecule has 0 spiro atoms. The van der Waals surface area contributed by atoms with E-state index in [-0.39, 0.29) is 12.3 Å². The highest BCUT2D eigenvalue weighted by Gasteiger charge is 2.19. The maximum absolute atomic E-state index is 11.3. The summed E-state index contributed by atoms with van der Waals surface area (Å²) in [6.07, 6.45) is 0. The summed E-state index contributed by atoms with van der Waals surface area (Å²) < 4.78 is 7.29. The van der Waals surface area contributed by atoms with Crippen molar-refractivity contribution in [3.8, 4) is 5.75 Å². The maximum atomic E-state index is 11.3. The van der Waals surface area contributed by atoms with Crippen LogP contribution in [-0.2, 0) is 13.2 Å². The number of rotatable bonds is 6. The summed E-state index contributed by atoms with van der Waals surface area (Å²) in [6, 6.07) is 5.76. The Morgan fingerprint density at radius 2 is 2.14 bits per heavy atom. The second-order valence-corrected chi connectivity index (χ2v) is 5.29. The lowest BCUT2D eigenvalue weighted by molar-refractivity contribution is 0.0687. The molecule has 6 heteroatoms. The standard InChI is InChI=1S/C16H19N3O3/c1-10(2)8-19-13(15(16(20)21)17-18-19)9-22-14-7-5-6-11(3)12(14)4/h5-7H,1,8-9H2,2-4H3,(H,20,21). The van der Waals surface area contributed by atoms with Gasteiger partial charge in [0.2, 0.25) is 0 Å². The highest BCUT2D eigenvalue weighted by atomic mass is 16.5. The van der Waals surface area contributed by atoms with Crippen LogP contribution in [0.2, 0.25) is 0 Å². The third-order valence-corrected chi connectivity index (χ3v) is 3.38. The highest BCUT2D eigenvalue weighted by molar-refractivity contribution is 5.86. The molecule has 1 N–H and O–H groups in total. The van der Waals surface area contributed by atoms with Gasteiger partial charge in [-0.2, -0.15) is 0 Å². The molecule has 0 aliphatic heterocycles. The Kier molecular flexibility index (Phi) is 4.60. The maximum Gasteiger partial charge on any atom is 0.358 e. The van der Waals surface area contributed by atoms with E-state index in [9.17, 15) is 9.90 Å². The van der Waals surface area contributed by atoms with Crippen molar-refractivity contribution in [3.63, 3.8) is 0 Å². The number of carboxylic acids is 1. The highest BCUT2D eigenvalue weighted by Crippen LogP contribution is 2.22. The van der Waals surface area contributed by atoms with Crippen LogP contribution in [0.5, 0.6) is 5.75 Å². The monoisotopic (exact) mass is 301 g/mol. The molecule has 1 heterocycles. The SMILES string of the molecule is C=C(C)Cn1nnc(C(=O)O)c1COc1cccc(C)c1C. The van der Waals surface area contributed by atoms with Crippen LogP contribution in [0.4, 0.5) is 0 Å². The number of ether oxygens (including phenoxy) is 1. The summed E-state index contributed by atoms with van der Waals surface area (Å²) in [6.45, 7) is 10.1. The largest absolute Gasteiger partial charge is 0.487 e. The second-order valence-electron chi connectivity index (χ2n) is 5.29. The summed E-state index contributed by atoms with van der Waals surface area (Å²) >= 11 is 0. The third-order valence-electron chi connectivity index (χ3n) is 3.38. The minimum Gasteiger partial charge on any atom is -0.487 e. The number of aromatic carboxylic acids is 1. The van der Waals surface area contributed by atoms with Gasteiger partial charge in [-0.15, -0.1) is 5.10 Å². The molecule has 2 aromatic rings. The van der Waals surface area contributed by atoms with Crippen molar-refractivity contribution in [2.24, 2.45) is 0 Å². The van der Waals surface area contributed by atoms with Gasteiger partial charge in [-0.3, -0.25) is 0 Å². The van der Waals surface area contributed by atoms with Crippen LogP contribution in [0.1, 0.15) is 34.2 Å². The molecule has 0 aliphatic carbocycles. The molecule has 0 amide bonds. The second kappa shape index (κ2) is 6.43. The molecule has 0 aliphatic rings. The number of aromatic nitrogens is 3. The predicted molar refractivity (Wildman–Crippen MR) is 82.0 cm³/mol. The first kappa shape index (κ1) is 15.8. The Balaban J connectivity index is 2.27. The van der Waals surface area contributed by atoms with E-state index >= 15 is 0 Å². The van der Waals surface area contributed by atoms with Crippen molar-refractivity contribution in [2.45, 2.75) is 33.9 Å². The lowest BCUT2D eigenvalue weighted by Gasteiger charge is -2.12. The van der Waals surface area contributed by atoms with Crippen LogP contribution in [-0.4, -0.2) is 26.1 Å². The zero-order chi connectivity index (χ0) is 16.3. The quantitative estimate of drug-likeness (QED) is 0.830. The van der Waals surface area contributed by atoms with Crippen molar-refractivity contribution in [2.75, 3.05) is 0 Å². The molecule has 0 saturated heterocycles. The molecule has 0 fully saturated rings. The van der Waals surface area contributed by atoms with Crippen molar-refractivity contribution >= 4 is 5.97 Å². The van der Waals surface area contributed by atoms with Crippen LogP contribution in [0.15, 0.2) is 30.4 Å². The van der Waals surface area contributed by atoms with Crippen molar-refractivity contribution in [1.29, 1.82) is 0 Å². The summed E-state index contributed by atoms with van der Waals surface area (Å²) in [5.41, 5.74) is 3.33. The molecule has 0 saturated carbocycles. The van der Waals surface area contributed by atoms with Gasteiger partial charge in [0.25, 0.3) is 0 Å². The minimum absolute atomic E-state index is 0.0895. The molecular weight excluding hydrogens is 282 g/mol. The Hall–Kier alpha value is -2.63. The molecule has 0 bridgehead atoms. The van der Waals surface area contributed by atoms with Gasteiger partial charge in [0.1, 0.15) is 18.1 Å². The van der Waals surface area contributed by atoms with Crippen LogP contribution in [0.3, 0.4) is 0 Å². The Morgan fingerprint density at radius 1 is 1.41 bits per heavy atom. The average molecular weight is 301 g/mol. The van der Waals surface area contributed by atoms with Gasteiger partial charge >= 0.3 is 5.97 Å². The first-order valence-corrected chi connectivity index (χ1v) is 6.89. The van der Waals surface area contributed by atoms with E-state index in [4.69, 9.17) is 4.74 Å². The van der Waals surface area contributed by atoms with Gasteiger partial charge in [-0.05, 0) is 38.0 Å². The Bertz CT molecular complexity index is 719. The lowest BCUT2D eigenvalue weighted by atomic mass is 10.1. The van der Waals surface area contributed by atoms with E-state index in [1.807, 2.05) is 39.0 Å². The smallest absolute Gasteiger partial charge is 0.358 e. The predicted octanol–water partition coefficient (Wildman–Crippen LogP) is 2.75. The van der Waals surface area contributed by atoms with Crippen LogP contribution in [0, 0.1) is 13.8 Å². The molecular formula is C16H19N3O3. The van der Waals surface area contributed by atoms with Gasteiger partial charge in [0.05, 0.1) is 6.54 Å². The summed E-state index contributed by atoms with van der Waals surface area (Å²) in [5, 5.41) is 16.8. The number of benzene rings is 1. The van der Waals surface area contributed by atoms with Gasteiger partial charge in [0, 0.05) is 0 Å². The third kappa shape index (κ3) is 3.33. The first-order valence-electron chi connectivity index (χ1n) is 6.89. The van der Waals surface area contributed by atoms with E-state index in [1.165, 1.54) is 4.68 Å². The summed E-state index contributed by atoms with van der Waals surface area (Å²) in [5.74, 6) is -0.396. The number of allylic oxidation sites excluding steroid dienone is 1. The molecule has 1 aromatic carbocycles. The van der Waals surface area contributed by atoms with Crippen molar-refractivity contribution in [1.82, 2.24) is 15.0 Å². The van der Waals surface area contributed by atoms with Crippen LogP contribution >= 0.6 is 0 Å². The van der Waals surface area contributed by atoms with Gasteiger partial charge in [-0.1, -0.05) is 29.5 Å². The molecule has 0 unspecified atom stereocenters. The number of hydrogen-bond donors (Lipinski definition) is 1. The van der Waals surface area contributed by atoms with Gasteiger partial charge in [0.15, 0.2) is 5.69 Å². The molecule has 0 radical (unpaired) electrons. The molecule has 6 nitrogen and oxygen atoms in total. The fourth-order valence-electron chi connectivity index (χ4n) is 2.05. The fraction of sp³-hybridized carbons (Fsp3) is 0.312. The van der Waals surface area contributed by atoms with Crippen molar-refractivity contribution < 1.29 is 14.6 Å². The molecule has 1 aromatic heterocycles. The molecule has 116 valence electrons. The Labute approximate surface area is 129 Å². The van der Waals surface area contributed by atoms with E-state index in [0.717, 1.165) is 22.4 Å². The van der Waals surface area contributed by atoms with Crippen LogP contribution in [0.25, 0.3) is 0 Å². The number of hydrogen-bond acceptors (Lipinski definition) is 4. The van der Waals surface area contributed by atoms with E-state index in [2.05, 4.69) is 16.9 Å². The lowest BCUT2D eigenvalue weighted by Crippen LogP contribution is -2.12. The van der Waals surface area contributed by atoms with E-state index in [1.54, 1.807) is 0 Å². The molecule has 2 rings (SSSR count). The molecule has 22 heavy (non-hydrogen) atoms. The Morgan fingerprint density at radius 3 is 2.77 bits per heavy atom. The number of carboxylic acid groups (broad SMARTS) is 1. The van der Waals surface area contributed by atoms with Crippen LogP contribution < -0.4 is 4.74 Å². The van der Waals surface area contributed by atoms with Gasteiger partial charge < -0.3 is 9.84 Å². The van der Waals surface area contributed by atoms with E-state index < -0.39 is 5.97 Å². The number of nitrogens with zero attached hydrogens (tertiary/aromatic N) is 3. The zero-order valence-corrected chi connectivity index (χ0v) is 13.0. The zero-order valence-electron chi connectivity index (χ0n) is 13.0. The average Bonchev–Trinajstić information content (AvgIpc) is 2.83.